The zero-order valence-corrected chi connectivity index (χ0v) is 8.70. The van der Waals surface area contributed by atoms with Crippen molar-refractivity contribution in [2.45, 2.75) is 26.8 Å². The molecule has 1 heterocycles. The van der Waals surface area contributed by atoms with E-state index in [1.54, 1.807) is 0 Å². The lowest BCUT2D eigenvalue weighted by Crippen LogP contribution is -2.15. The maximum atomic E-state index is 5.74. The molecule has 1 aromatic rings. The highest BCUT2D eigenvalue weighted by atomic mass is 15.3. The standard InChI is InChI=1S/C10H17N3/c1-7(9(3)11)5-10-6-8(2)12-13(10)4/h5-6,9H,11H2,1-4H3/b7-5+. The summed E-state index contributed by atoms with van der Waals surface area (Å²) in [5, 5.41) is 4.25. The van der Waals surface area contributed by atoms with E-state index in [1.807, 2.05) is 38.6 Å². The predicted octanol–water partition coefficient (Wildman–Crippen LogP) is 1.48. The Morgan fingerprint density at radius 2 is 2.31 bits per heavy atom. The molecular formula is C10H17N3. The molecule has 0 saturated carbocycles. The lowest BCUT2D eigenvalue weighted by Gasteiger charge is -2.04. The van der Waals surface area contributed by atoms with Crippen molar-refractivity contribution < 1.29 is 0 Å². The van der Waals surface area contributed by atoms with Gasteiger partial charge in [0.2, 0.25) is 0 Å². The van der Waals surface area contributed by atoms with E-state index >= 15 is 0 Å². The van der Waals surface area contributed by atoms with E-state index in [1.165, 1.54) is 5.57 Å². The fourth-order valence-corrected chi connectivity index (χ4v) is 1.13. The minimum absolute atomic E-state index is 0.107. The minimum atomic E-state index is 0.107. The van der Waals surface area contributed by atoms with Crippen LogP contribution >= 0.6 is 0 Å². The topological polar surface area (TPSA) is 43.8 Å². The van der Waals surface area contributed by atoms with Crippen LogP contribution in [0.2, 0.25) is 0 Å². The van der Waals surface area contributed by atoms with Crippen LogP contribution < -0.4 is 5.73 Å². The highest BCUT2D eigenvalue weighted by Crippen LogP contribution is 2.09. The van der Waals surface area contributed by atoms with E-state index in [2.05, 4.69) is 11.2 Å². The number of nitrogens with zero attached hydrogens (tertiary/aromatic N) is 2. The number of hydrogen-bond acceptors (Lipinski definition) is 2. The van der Waals surface area contributed by atoms with Crippen LogP contribution in [0.25, 0.3) is 6.08 Å². The maximum Gasteiger partial charge on any atom is 0.0609 e. The zero-order valence-electron chi connectivity index (χ0n) is 8.70. The van der Waals surface area contributed by atoms with Gasteiger partial charge in [-0.15, -0.1) is 0 Å². The minimum Gasteiger partial charge on any atom is -0.324 e. The van der Waals surface area contributed by atoms with E-state index in [-0.39, 0.29) is 6.04 Å². The van der Waals surface area contributed by atoms with Gasteiger partial charge < -0.3 is 5.73 Å². The monoisotopic (exact) mass is 179 g/mol. The second-order valence-corrected chi connectivity index (χ2v) is 3.51. The Morgan fingerprint density at radius 1 is 1.69 bits per heavy atom. The largest absolute Gasteiger partial charge is 0.324 e. The smallest absolute Gasteiger partial charge is 0.0609 e. The fraction of sp³-hybridized carbons (Fsp3) is 0.500. The Hall–Kier alpha value is -1.09. The second kappa shape index (κ2) is 3.75. The van der Waals surface area contributed by atoms with Crippen LogP contribution in [-0.2, 0) is 7.05 Å². The number of rotatable bonds is 2. The van der Waals surface area contributed by atoms with Gasteiger partial charge in [0, 0.05) is 13.1 Å². The molecule has 72 valence electrons. The average Bonchev–Trinajstić information content (AvgIpc) is 2.30. The Balaban J connectivity index is 2.96. The molecule has 3 heteroatoms. The third-order valence-corrected chi connectivity index (χ3v) is 2.13. The van der Waals surface area contributed by atoms with Crippen LogP contribution in [0.4, 0.5) is 0 Å². The highest BCUT2D eigenvalue weighted by molar-refractivity contribution is 5.50. The lowest BCUT2D eigenvalue weighted by molar-refractivity contribution is 0.747. The normalized spacial score (nSPS) is 14.7. The molecule has 0 bridgehead atoms. The van der Waals surface area contributed by atoms with Crippen LogP contribution in [0.15, 0.2) is 11.6 Å². The molecule has 1 unspecified atom stereocenters. The van der Waals surface area contributed by atoms with E-state index in [4.69, 9.17) is 5.73 Å². The first-order valence-corrected chi connectivity index (χ1v) is 4.45. The van der Waals surface area contributed by atoms with Crippen molar-refractivity contribution in [2.75, 3.05) is 0 Å². The Kier molecular flexibility index (Phi) is 2.88. The molecule has 0 amide bonds. The molecule has 0 radical (unpaired) electrons. The van der Waals surface area contributed by atoms with Gasteiger partial charge in [0.1, 0.15) is 0 Å². The molecule has 13 heavy (non-hydrogen) atoms. The molecule has 2 N–H and O–H groups in total. The van der Waals surface area contributed by atoms with Gasteiger partial charge in [0.05, 0.1) is 11.4 Å². The van der Waals surface area contributed by atoms with Crippen LogP contribution in [0.1, 0.15) is 25.2 Å². The molecule has 0 fully saturated rings. The van der Waals surface area contributed by atoms with Gasteiger partial charge in [-0.2, -0.15) is 5.10 Å². The molecule has 1 atom stereocenters. The second-order valence-electron chi connectivity index (χ2n) is 3.51. The quantitative estimate of drug-likeness (QED) is 0.747. The van der Waals surface area contributed by atoms with Crippen molar-refractivity contribution in [1.82, 2.24) is 9.78 Å². The molecule has 0 spiro atoms. The van der Waals surface area contributed by atoms with E-state index < -0.39 is 0 Å². The van der Waals surface area contributed by atoms with Crippen LogP contribution in [-0.4, -0.2) is 15.8 Å². The summed E-state index contributed by atoms with van der Waals surface area (Å²) in [4.78, 5) is 0. The van der Waals surface area contributed by atoms with Gasteiger partial charge in [-0.1, -0.05) is 5.57 Å². The molecular weight excluding hydrogens is 162 g/mol. The van der Waals surface area contributed by atoms with Gasteiger partial charge in [0.15, 0.2) is 0 Å². The molecule has 0 aliphatic heterocycles. The zero-order chi connectivity index (χ0) is 10.0. The van der Waals surface area contributed by atoms with Crippen molar-refractivity contribution in [3.63, 3.8) is 0 Å². The maximum absolute atomic E-state index is 5.74. The third-order valence-electron chi connectivity index (χ3n) is 2.13. The van der Waals surface area contributed by atoms with Crippen molar-refractivity contribution in [3.8, 4) is 0 Å². The summed E-state index contributed by atoms with van der Waals surface area (Å²) in [7, 11) is 1.94. The first-order valence-electron chi connectivity index (χ1n) is 4.45. The number of hydrogen-bond donors (Lipinski definition) is 1. The third kappa shape index (κ3) is 2.42. The average molecular weight is 179 g/mol. The first kappa shape index (κ1) is 9.99. The van der Waals surface area contributed by atoms with Gasteiger partial charge in [-0.05, 0) is 32.9 Å². The summed E-state index contributed by atoms with van der Waals surface area (Å²) in [5.74, 6) is 0. The first-order chi connectivity index (χ1) is 6.00. The summed E-state index contributed by atoms with van der Waals surface area (Å²) < 4.78 is 1.86. The SMILES string of the molecule is C/C(=C\c1cc(C)nn1C)C(C)N. The fourth-order valence-electron chi connectivity index (χ4n) is 1.13. The van der Waals surface area contributed by atoms with Gasteiger partial charge >= 0.3 is 0 Å². The molecule has 1 rings (SSSR count). The van der Waals surface area contributed by atoms with Crippen LogP contribution in [0.3, 0.4) is 0 Å². The van der Waals surface area contributed by atoms with Gasteiger partial charge in [-0.3, -0.25) is 4.68 Å². The lowest BCUT2D eigenvalue weighted by atomic mass is 10.1. The summed E-state index contributed by atoms with van der Waals surface area (Å²) in [6.07, 6.45) is 2.07. The van der Waals surface area contributed by atoms with Crippen molar-refractivity contribution in [2.24, 2.45) is 12.8 Å². The van der Waals surface area contributed by atoms with Crippen LogP contribution in [0.5, 0.6) is 0 Å². The molecule has 0 aromatic carbocycles. The van der Waals surface area contributed by atoms with Crippen molar-refractivity contribution in [1.29, 1.82) is 0 Å². The summed E-state index contributed by atoms with van der Waals surface area (Å²) in [5.41, 5.74) is 9.05. The highest BCUT2D eigenvalue weighted by Gasteiger charge is 2.01. The molecule has 3 nitrogen and oxygen atoms in total. The van der Waals surface area contributed by atoms with Crippen molar-refractivity contribution >= 4 is 6.08 Å². The number of aryl methyl sites for hydroxylation is 2. The summed E-state index contributed by atoms with van der Waals surface area (Å²) >= 11 is 0. The van der Waals surface area contributed by atoms with E-state index in [9.17, 15) is 0 Å². The summed E-state index contributed by atoms with van der Waals surface area (Å²) in [6.45, 7) is 6.00. The van der Waals surface area contributed by atoms with Crippen molar-refractivity contribution in [3.05, 3.63) is 23.0 Å². The Labute approximate surface area is 79.2 Å². The molecule has 1 aromatic heterocycles. The van der Waals surface area contributed by atoms with Gasteiger partial charge in [0.25, 0.3) is 0 Å². The Morgan fingerprint density at radius 3 is 2.69 bits per heavy atom. The Bertz CT molecular complexity index is 321. The molecule has 0 saturated heterocycles. The van der Waals surface area contributed by atoms with Crippen LogP contribution in [0, 0.1) is 6.92 Å². The van der Waals surface area contributed by atoms with E-state index in [0.29, 0.717) is 0 Å². The predicted molar refractivity (Wildman–Crippen MR) is 55.2 cm³/mol. The number of aromatic nitrogens is 2. The summed E-state index contributed by atoms with van der Waals surface area (Å²) in [6, 6.07) is 2.15. The number of nitrogens with two attached hydrogens (primary N) is 1. The van der Waals surface area contributed by atoms with E-state index in [0.717, 1.165) is 11.4 Å². The molecule has 0 aliphatic carbocycles. The van der Waals surface area contributed by atoms with Gasteiger partial charge in [-0.25, -0.2) is 0 Å². The molecule has 0 aliphatic rings.